The van der Waals surface area contributed by atoms with E-state index >= 15 is 0 Å². The van der Waals surface area contributed by atoms with Crippen LogP contribution in [0.4, 0.5) is 0 Å². The van der Waals surface area contributed by atoms with E-state index in [1.54, 1.807) is 11.3 Å². The van der Waals surface area contributed by atoms with Crippen molar-refractivity contribution in [2.75, 3.05) is 26.2 Å². The average molecular weight is 304 g/mol. The lowest BCUT2D eigenvalue weighted by atomic mass is 10.2. The van der Waals surface area contributed by atoms with E-state index in [1.165, 1.54) is 4.88 Å². The number of thiophene rings is 1. The van der Waals surface area contributed by atoms with Crippen molar-refractivity contribution in [3.8, 4) is 0 Å². The molecule has 0 spiro atoms. The second kappa shape index (κ2) is 7.85. The molecule has 1 aromatic heterocycles. The van der Waals surface area contributed by atoms with Gasteiger partial charge in [0.15, 0.2) is 0 Å². The summed E-state index contributed by atoms with van der Waals surface area (Å²) in [5, 5.41) is 8.43. The van der Waals surface area contributed by atoms with Crippen molar-refractivity contribution >= 4 is 29.7 Å². The Bertz CT molecular complexity index is 385. The first-order valence-electron chi connectivity index (χ1n) is 6.44. The van der Waals surface area contributed by atoms with Crippen LogP contribution in [-0.4, -0.2) is 43.0 Å². The number of carbonyl (C=O) groups excluding carboxylic acids is 1. The molecule has 1 aromatic rings. The number of rotatable bonds is 4. The lowest BCUT2D eigenvalue weighted by Gasteiger charge is -2.33. The van der Waals surface area contributed by atoms with Gasteiger partial charge in [-0.2, -0.15) is 0 Å². The lowest BCUT2D eigenvalue weighted by Crippen LogP contribution is -2.52. The third-order valence-electron chi connectivity index (χ3n) is 3.33. The van der Waals surface area contributed by atoms with E-state index in [1.807, 2.05) is 18.4 Å². The normalized spacial score (nSPS) is 21.5. The van der Waals surface area contributed by atoms with Crippen LogP contribution in [0.1, 0.15) is 24.8 Å². The van der Waals surface area contributed by atoms with Gasteiger partial charge in [0.1, 0.15) is 0 Å². The van der Waals surface area contributed by atoms with Crippen LogP contribution in [0.25, 0.3) is 0 Å². The molecule has 0 radical (unpaired) electrons. The van der Waals surface area contributed by atoms with Crippen molar-refractivity contribution in [3.05, 3.63) is 22.4 Å². The van der Waals surface area contributed by atoms with Crippen molar-refractivity contribution in [2.45, 2.75) is 25.9 Å². The van der Waals surface area contributed by atoms with Crippen molar-refractivity contribution in [1.29, 1.82) is 0 Å². The van der Waals surface area contributed by atoms with Gasteiger partial charge in [-0.25, -0.2) is 0 Å². The molecule has 2 heterocycles. The number of carbonyl (C=O) groups is 1. The summed E-state index contributed by atoms with van der Waals surface area (Å²) >= 11 is 1.68. The van der Waals surface area contributed by atoms with Gasteiger partial charge in [-0.3, -0.25) is 9.69 Å². The second-order valence-electron chi connectivity index (χ2n) is 4.83. The molecule has 1 amide bonds. The van der Waals surface area contributed by atoms with Gasteiger partial charge in [0.25, 0.3) is 0 Å². The Balaban J connectivity index is 0.00000180. The van der Waals surface area contributed by atoms with Crippen LogP contribution in [0.3, 0.4) is 0 Å². The third-order valence-corrected chi connectivity index (χ3v) is 4.39. The zero-order valence-electron chi connectivity index (χ0n) is 11.4. The van der Waals surface area contributed by atoms with E-state index in [0.717, 1.165) is 19.6 Å². The van der Waals surface area contributed by atoms with Gasteiger partial charge in [-0.1, -0.05) is 6.07 Å². The summed E-state index contributed by atoms with van der Waals surface area (Å²) in [6.07, 6.45) is 0. The first-order chi connectivity index (χ1) is 8.66. The third kappa shape index (κ3) is 4.76. The molecule has 6 heteroatoms. The maximum Gasteiger partial charge on any atom is 0.234 e. The number of hydrogen-bond donors (Lipinski definition) is 2. The van der Waals surface area contributed by atoms with E-state index < -0.39 is 0 Å². The quantitative estimate of drug-likeness (QED) is 0.889. The zero-order chi connectivity index (χ0) is 13.0. The van der Waals surface area contributed by atoms with Gasteiger partial charge in [0, 0.05) is 30.6 Å². The van der Waals surface area contributed by atoms with E-state index in [-0.39, 0.29) is 24.4 Å². The van der Waals surface area contributed by atoms with Gasteiger partial charge in [-0.15, -0.1) is 23.7 Å². The SMILES string of the molecule is CC(NC(=O)CN1CCNC[C@@H]1C)c1cccs1.Cl. The molecule has 1 aliphatic rings. The van der Waals surface area contributed by atoms with Gasteiger partial charge < -0.3 is 10.6 Å². The average Bonchev–Trinajstić information content (AvgIpc) is 2.85. The molecule has 2 N–H and O–H groups in total. The summed E-state index contributed by atoms with van der Waals surface area (Å²) in [6.45, 7) is 7.57. The Hall–Kier alpha value is -0.620. The molecule has 19 heavy (non-hydrogen) atoms. The molecule has 0 aromatic carbocycles. The van der Waals surface area contributed by atoms with Crippen LogP contribution in [0, 0.1) is 0 Å². The minimum atomic E-state index is 0. The Kier molecular flexibility index (Phi) is 6.79. The Labute approximate surface area is 125 Å². The van der Waals surface area contributed by atoms with Crippen molar-refractivity contribution in [3.63, 3.8) is 0 Å². The van der Waals surface area contributed by atoms with Crippen LogP contribution in [0.5, 0.6) is 0 Å². The molecule has 0 bridgehead atoms. The first kappa shape index (κ1) is 16.4. The predicted octanol–water partition coefficient (Wildman–Crippen LogP) is 1.64. The predicted molar refractivity (Wildman–Crippen MR) is 82.0 cm³/mol. The van der Waals surface area contributed by atoms with E-state index in [4.69, 9.17) is 0 Å². The zero-order valence-corrected chi connectivity index (χ0v) is 13.0. The summed E-state index contributed by atoms with van der Waals surface area (Å²) in [6, 6.07) is 4.61. The standard InChI is InChI=1S/C13H21N3OS.ClH/c1-10-8-14-5-6-16(10)9-13(17)15-11(2)12-4-3-7-18-12;/h3-4,7,10-11,14H,5-6,8-9H2,1-2H3,(H,15,17);1H/t10-,11?;/m0./s1. The van der Waals surface area contributed by atoms with Crippen LogP contribution in [0.2, 0.25) is 0 Å². The Morgan fingerprint density at radius 1 is 1.68 bits per heavy atom. The van der Waals surface area contributed by atoms with Gasteiger partial charge in [0.2, 0.25) is 5.91 Å². The summed E-state index contributed by atoms with van der Waals surface area (Å²) in [7, 11) is 0. The number of amides is 1. The molecule has 0 aliphatic carbocycles. The van der Waals surface area contributed by atoms with E-state index in [9.17, 15) is 4.79 Å². The maximum atomic E-state index is 12.0. The van der Waals surface area contributed by atoms with Crippen molar-refractivity contribution in [1.82, 2.24) is 15.5 Å². The monoisotopic (exact) mass is 303 g/mol. The number of piperazine rings is 1. The number of halogens is 1. The Morgan fingerprint density at radius 3 is 3.11 bits per heavy atom. The molecule has 108 valence electrons. The number of nitrogens with zero attached hydrogens (tertiary/aromatic N) is 1. The molecular formula is C13H22ClN3OS. The van der Waals surface area contributed by atoms with Crippen LogP contribution >= 0.6 is 23.7 Å². The van der Waals surface area contributed by atoms with Crippen LogP contribution < -0.4 is 10.6 Å². The summed E-state index contributed by atoms with van der Waals surface area (Å²) in [4.78, 5) is 15.4. The van der Waals surface area contributed by atoms with Crippen LogP contribution in [0.15, 0.2) is 17.5 Å². The topological polar surface area (TPSA) is 44.4 Å². The first-order valence-corrected chi connectivity index (χ1v) is 7.32. The molecular weight excluding hydrogens is 282 g/mol. The highest BCUT2D eigenvalue weighted by Gasteiger charge is 2.21. The van der Waals surface area contributed by atoms with E-state index in [0.29, 0.717) is 12.6 Å². The fraction of sp³-hybridized carbons (Fsp3) is 0.615. The molecule has 1 saturated heterocycles. The van der Waals surface area contributed by atoms with E-state index in [2.05, 4.69) is 28.5 Å². The fourth-order valence-electron chi connectivity index (χ4n) is 2.20. The summed E-state index contributed by atoms with van der Waals surface area (Å²) < 4.78 is 0. The van der Waals surface area contributed by atoms with Gasteiger partial charge in [0.05, 0.1) is 12.6 Å². The molecule has 4 nitrogen and oxygen atoms in total. The minimum Gasteiger partial charge on any atom is -0.348 e. The summed E-state index contributed by atoms with van der Waals surface area (Å²) in [5.41, 5.74) is 0. The van der Waals surface area contributed by atoms with Gasteiger partial charge >= 0.3 is 0 Å². The molecule has 2 atom stereocenters. The van der Waals surface area contributed by atoms with Crippen molar-refractivity contribution in [2.24, 2.45) is 0 Å². The second-order valence-corrected chi connectivity index (χ2v) is 5.81. The molecule has 0 saturated carbocycles. The highest BCUT2D eigenvalue weighted by Crippen LogP contribution is 2.17. The minimum absolute atomic E-state index is 0. The van der Waals surface area contributed by atoms with Crippen LogP contribution in [-0.2, 0) is 4.79 Å². The Morgan fingerprint density at radius 2 is 2.47 bits per heavy atom. The molecule has 1 aliphatic heterocycles. The van der Waals surface area contributed by atoms with Crippen molar-refractivity contribution < 1.29 is 4.79 Å². The largest absolute Gasteiger partial charge is 0.348 e. The molecule has 1 unspecified atom stereocenters. The highest BCUT2D eigenvalue weighted by molar-refractivity contribution is 7.10. The molecule has 1 fully saturated rings. The summed E-state index contributed by atoms with van der Waals surface area (Å²) in [5.74, 6) is 0.115. The lowest BCUT2D eigenvalue weighted by molar-refractivity contribution is -0.123. The van der Waals surface area contributed by atoms with Gasteiger partial charge in [-0.05, 0) is 25.3 Å². The molecule has 2 rings (SSSR count). The smallest absolute Gasteiger partial charge is 0.234 e. The number of hydrogen-bond acceptors (Lipinski definition) is 4. The maximum absolute atomic E-state index is 12.0. The number of nitrogens with one attached hydrogen (secondary N) is 2. The fourth-order valence-corrected chi connectivity index (χ4v) is 2.93. The highest BCUT2D eigenvalue weighted by atomic mass is 35.5.